The zero-order valence-electron chi connectivity index (χ0n) is 12.3. The van der Waals surface area contributed by atoms with Crippen molar-refractivity contribution in [2.24, 2.45) is 5.92 Å². The number of aromatic nitrogens is 2. The minimum absolute atomic E-state index is 0.232. The SMILES string of the molecule is Cc1cc(Oc2ncccn2)ccc1NC(=O)[C@@H]1C[C@H]1[N+](=O)[O-]. The molecule has 0 spiro atoms. The number of anilines is 1. The molecule has 1 N–H and O–H groups in total. The van der Waals surface area contributed by atoms with Crippen LogP contribution in [-0.4, -0.2) is 26.8 Å². The molecule has 1 amide bonds. The van der Waals surface area contributed by atoms with E-state index in [1.54, 1.807) is 36.7 Å². The van der Waals surface area contributed by atoms with Crippen LogP contribution in [-0.2, 0) is 4.79 Å². The van der Waals surface area contributed by atoms with Gasteiger partial charge in [-0.05, 0) is 36.8 Å². The van der Waals surface area contributed by atoms with Gasteiger partial charge in [0, 0.05) is 29.4 Å². The van der Waals surface area contributed by atoms with Gasteiger partial charge in [-0.1, -0.05) is 0 Å². The van der Waals surface area contributed by atoms with Crippen molar-refractivity contribution in [3.63, 3.8) is 0 Å². The van der Waals surface area contributed by atoms with Gasteiger partial charge in [-0.25, -0.2) is 9.97 Å². The van der Waals surface area contributed by atoms with Crippen molar-refractivity contribution in [3.8, 4) is 11.8 Å². The lowest BCUT2D eigenvalue weighted by Crippen LogP contribution is -2.19. The molecule has 3 rings (SSSR count). The number of hydrogen-bond donors (Lipinski definition) is 1. The van der Waals surface area contributed by atoms with Crippen LogP contribution < -0.4 is 10.1 Å². The van der Waals surface area contributed by atoms with Gasteiger partial charge in [-0.3, -0.25) is 14.9 Å². The summed E-state index contributed by atoms with van der Waals surface area (Å²) in [4.78, 5) is 30.1. The summed E-state index contributed by atoms with van der Waals surface area (Å²) < 4.78 is 5.50. The zero-order valence-corrected chi connectivity index (χ0v) is 12.3. The average Bonchev–Trinajstić information content (AvgIpc) is 3.32. The van der Waals surface area contributed by atoms with Crippen LogP contribution in [0, 0.1) is 23.0 Å². The maximum absolute atomic E-state index is 12.0. The van der Waals surface area contributed by atoms with Crippen LogP contribution in [0.1, 0.15) is 12.0 Å². The van der Waals surface area contributed by atoms with E-state index in [1.807, 2.05) is 6.92 Å². The predicted octanol–water partition coefficient (Wildman–Crippen LogP) is 2.18. The van der Waals surface area contributed by atoms with Gasteiger partial charge in [0.1, 0.15) is 11.7 Å². The van der Waals surface area contributed by atoms with Gasteiger partial charge in [-0.15, -0.1) is 0 Å². The summed E-state index contributed by atoms with van der Waals surface area (Å²) in [7, 11) is 0. The Balaban J connectivity index is 1.66. The first-order valence-corrected chi connectivity index (χ1v) is 7.04. The van der Waals surface area contributed by atoms with Gasteiger partial charge < -0.3 is 10.1 Å². The van der Waals surface area contributed by atoms with Gasteiger partial charge in [0.05, 0.1) is 0 Å². The molecule has 8 nitrogen and oxygen atoms in total. The molecule has 2 atom stereocenters. The number of carbonyl (C=O) groups is 1. The lowest BCUT2D eigenvalue weighted by molar-refractivity contribution is -0.497. The van der Waals surface area contributed by atoms with E-state index in [0.29, 0.717) is 17.9 Å². The second kappa shape index (κ2) is 5.99. The van der Waals surface area contributed by atoms with Crippen molar-refractivity contribution in [2.75, 3.05) is 5.32 Å². The minimum Gasteiger partial charge on any atom is -0.424 e. The fourth-order valence-electron chi connectivity index (χ4n) is 2.21. The fourth-order valence-corrected chi connectivity index (χ4v) is 2.21. The summed E-state index contributed by atoms with van der Waals surface area (Å²) in [5.41, 5.74) is 1.38. The summed E-state index contributed by atoms with van der Waals surface area (Å²) in [5.74, 6) is -0.325. The lowest BCUT2D eigenvalue weighted by Gasteiger charge is -2.10. The van der Waals surface area contributed by atoms with Gasteiger partial charge in [0.15, 0.2) is 0 Å². The zero-order chi connectivity index (χ0) is 16.4. The monoisotopic (exact) mass is 314 g/mol. The first-order chi connectivity index (χ1) is 11.0. The largest absolute Gasteiger partial charge is 0.424 e. The lowest BCUT2D eigenvalue weighted by atomic mass is 10.2. The fraction of sp³-hybridized carbons (Fsp3) is 0.267. The number of hydrogen-bond acceptors (Lipinski definition) is 6. The molecule has 0 aliphatic heterocycles. The van der Waals surface area contributed by atoms with Gasteiger partial charge in [-0.2, -0.15) is 0 Å². The number of nitro groups is 1. The second-order valence-corrected chi connectivity index (χ2v) is 5.29. The van der Waals surface area contributed by atoms with Crippen LogP contribution >= 0.6 is 0 Å². The number of carbonyl (C=O) groups excluding carboxylic acids is 1. The molecule has 1 aliphatic carbocycles. The first kappa shape index (κ1) is 14.9. The summed E-state index contributed by atoms with van der Waals surface area (Å²) in [6.07, 6.45) is 3.45. The Morgan fingerprint density at radius 2 is 2.13 bits per heavy atom. The van der Waals surface area contributed by atoms with E-state index in [1.165, 1.54) is 0 Å². The molecule has 1 aromatic heterocycles. The van der Waals surface area contributed by atoms with Crippen LogP contribution in [0.4, 0.5) is 5.69 Å². The quantitative estimate of drug-likeness (QED) is 0.669. The Hall–Kier alpha value is -3.03. The Morgan fingerprint density at radius 3 is 2.74 bits per heavy atom. The molecule has 0 radical (unpaired) electrons. The van der Waals surface area contributed by atoms with E-state index in [-0.39, 0.29) is 11.9 Å². The molecule has 1 heterocycles. The van der Waals surface area contributed by atoms with Crippen LogP contribution in [0.5, 0.6) is 11.8 Å². The average molecular weight is 314 g/mol. The van der Waals surface area contributed by atoms with Crippen LogP contribution in [0.3, 0.4) is 0 Å². The Bertz CT molecular complexity index is 750. The van der Waals surface area contributed by atoms with E-state index >= 15 is 0 Å². The second-order valence-electron chi connectivity index (χ2n) is 5.29. The van der Waals surface area contributed by atoms with Crippen molar-refractivity contribution in [3.05, 3.63) is 52.3 Å². The molecule has 0 saturated heterocycles. The van der Waals surface area contributed by atoms with Gasteiger partial charge in [0.25, 0.3) is 0 Å². The normalized spacial score (nSPS) is 19.0. The highest BCUT2D eigenvalue weighted by Crippen LogP contribution is 2.34. The van der Waals surface area contributed by atoms with E-state index in [4.69, 9.17) is 4.74 Å². The molecule has 1 aliphatic rings. The van der Waals surface area contributed by atoms with Crippen molar-refractivity contribution in [1.82, 2.24) is 9.97 Å². The Morgan fingerprint density at radius 1 is 1.39 bits per heavy atom. The number of rotatable bonds is 5. The molecular formula is C15H14N4O4. The van der Waals surface area contributed by atoms with Crippen molar-refractivity contribution in [2.45, 2.75) is 19.4 Å². The highest BCUT2D eigenvalue weighted by atomic mass is 16.6. The third-order valence-corrected chi connectivity index (χ3v) is 3.57. The number of aryl methyl sites for hydroxylation is 1. The minimum atomic E-state index is -0.756. The van der Waals surface area contributed by atoms with Crippen molar-refractivity contribution < 1.29 is 14.5 Å². The number of nitrogens with one attached hydrogen (secondary N) is 1. The molecular weight excluding hydrogens is 300 g/mol. The molecule has 2 aromatic rings. The summed E-state index contributed by atoms with van der Waals surface area (Å²) in [6.45, 7) is 1.81. The molecule has 1 aromatic carbocycles. The Kier molecular flexibility index (Phi) is 3.88. The van der Waals surface area contributed by atoms with Crippen LogP contribution in [0.2, 0.25) is 0 Å². The summed E-state index contributed by atoms with van der Waals surface area (Å²) >= 11 is 0. The molecule has 118 valence electrons. The number of nitrogens with zero attached hydrogens (tertiary/aromatic N) is 3. The number of ether oxygens (including phenoxy) is 1. The highest BCUT2D eigenvalue weighted by molar-refractivity contribution is 5.95. The van der Waals surface area contributed by atoms with E-state index < -0.39 is 16.9 Å². The van der Waals surface area contributed by atoms with Crippen LogP contribution in [0.15, 0.2) is 36.7 Å². The van der Waals surface area contributed by atoms with Crippen molar-refractivity contribution >= 4 is 11.6 Å². The van der Waals surface area contributed by atoms with Gasteiger partial charge in [0.2, 0.25) is 11.9 Å². The molecule has 1 saturated carbocycles. The summed E-state index contributed by atoms with van der Waals surface area (Å²) in [5, 5.41) is 13.3. The third-order valence-electron chi connectivity index (χ3n) is 3.57. The molecule has 8 heteroatoms. The Labute approximate surface area is 131 Å². The van der Waals surface area contributed by atoms with E-state index in [2.05, 4.69) is 15.3 Å². The smallest absolute Gasteiger partial charge is 0.321 e. The highest BCUT2D eigenvalue weighted by Gasteiger charge is 2.53. The molecule has 0 bridgehead atoms. The van der Waals surface area contributed by atoms with E-state index in [0.717, 1.165) is 5.56 Å². The van der Waals surface area contributed by atoms with Crippen molar-refractivity contribution in [1.29, 1.82) is 0 Å². The molecule has 23 heavy (non-hydrogen) atoms. The van der Waals surface area contributed by atoms with E-state index in [9.17, 15) is 14.9 Å². The maximum atomic E-state index is 12.0. The maximum Gasteiger partial charge on any atom is 0.321 e. The number of benzene rings is 1. The van der Waals surface area contributed by atoms with Crippen LogP contribution in [0.25, 0.3) is 0 Å². The summed E-state index contributed by atoms with van der Waals surface area (Å²) in [6, 6.07) is 6.27. The molecule has 0 unspecified atom stereocenters. The topological polar surface area (TPSA) is 107 Å². The molecule has 1 fully saturated rings. The predicted molar refractivity (Wildman–Crippen MR) is 80.8 cm³/mol. The first-order valence-electron chi connectivity index (χ1n) is 7.04. The number of amides is 1. The van der Waals surface area contributed by atoms with Gasteiger partial charge >= 0.3 is 6.01 Å². The standard InChI is InChI=1S/C15H14N4O4/c1-9-7-10(23-15-16-5-2-6-17-15)3-4-12(9)18-14(20)11-8-13(11)19(21)22/h2-7,11,13H,8H2,1H3,(H,18,20)/t11-,13-/m1/s1. The third kappa shape index (κ3) is 3.42.